The minimum absolute atomic E-state index is 0.0927. The molecular formula is C20H32O2. The first kappa shape index (κ1) is 15.2. The highest BCUT2D eigenvalue weighted by molar-refractivity contribution is 5.87. The molecule has 124 valence electrons. The topological polar surface area (TPSA) is 37.3 Å². The van der Waals surface area contributed by atoms with Crippen molar-refractivity contribution in [3.63, 3.8) is 0 Å². The molecule has 4 fully saturated rings. The van der Waals surface area contributed by atoms with Gasteiger partial charge >= 0.3 is 0 Å². The molecule has 0 heterocycles. The van der Waals surface area contributed by atoms with Gasteiger partial charge in [-0.2, -0.15) is 0 Å². The number of hydrogen-bond acceptors (Lipinski definition) is 2. The highest BCUT2D eigenvalue weighted by Crippen LogP contribution is 2.67. The Hall–Kier alpha value is -0.370. The summed E-state index contributed by atoms with van der Waals surface area (Å²) in [5.74, 6) is 2.80. The second-order valence-corrected chi connectivity index (χ2v) is 9.59. The molecule has 1 N–H and O–H groups in total. The summed E-state index contributed by atoms with van der Waals surface area (Å²) >= 11 is 0. The van der Waals surface area contributed by atoms with E-state index in [-0.39, 0.29) is 10.8 Å². The van der Waals surface area contributed by atoms with Crippen LogP contribution in [-0.4, -0.2) is 16.5 Å². The molecule has 0 amide bonds. The molecule has 0 aromatic heterocycles. The third-order valence-corrected chi connectivity index (χ3v) is 8.82. The quantitative estimate of drug-likeness (QED) is 0.722. The average molecular weight is 304 g/mol. The molecule has 4 aliphatic carbocycles. The molecule has 4 aliphatic rings. The van der Waals surface area contributed by atoms with Gasteiger partial charge in [-0.05, 0) is 74.0 Å². The van der Waals surface area contributed by atoms with E-state index in [1.165, 1.54) is 25.7 Å². The van der Waals surface area contributed by atoms with Crippen LogP contribution in [0.15, 0.2) is 0 Å². The summed E-state index contributed by atoms with van der Waals surface area (Å²) < 4.78 is 0. The van der Waals surface area contributed by atoms with Gasteiger partial charge in [0, 0.05) is 11.8 Å². The van der Waals surface area contributed by atoms with Crippen molar-refractivity contribution >= 4 is 5.78 Å². The van der Waals surface area contributed by atoms with Crippen LogP contribution >= 0.6 is 0 Å². The molecule has 0 spiro atoms. The van der Waals surface area contributed by atoms with E-state index in [9.17, 15) is 9.90 Å². The summed E-state index contributed by atoms with van der Waals surface area (Å²) in [5.41, 5.74) is -0.539. The van der Waals surface area contributed by atoms with Crippen LogP contribution in [0.1, 0.15) is 78.6 Å². The van der Waals surface area contributed by atoms with E-state index in [0.717, 1.165) is 38.0 Å². The number of Topliss-reactive ketones (excluding diaryl/α,β-unsaturated/α-hetero) is 1. The van der Waals surface area contributed by atoms with Crippen molar-refractivity contribution < 1.29 is 9.90 Å². The zero-order chi connectivity index (χ0) is 15.8. The smallest absolute Gasteiger partial charge is 0.139 e. The number of aliphatic hydroxyl groups is 1. The second kappa shape index (κ2) is 4.59. The molecule has 2 nitrogen and oxygen atoms in total. The fourth-order valence-corrected chi connectivity index (χ4v) is 7.19. The Labute approximate surface area is 135 Å². The Balaban J connectivity index is 1.71. The van der Waals surface area contributed by atoms with E-state index in [1.54, 1.807) is 0 Å². The number of rotatable bonds is 0. The van der Waals surface area contributed by atoms with Crippen molar-refractivity contribution in [2.24, 2.45) is 34.5 Å². The molecular weight excluding hydrogens is 272 g/mol. The predicted octanol–water partition coefficient (Wildman–Crippen LogP) is 4.35. The zero-order valence-corrected chi connectivity index (χ0v) is 14.5. The van der Waals surface area contributed by atoms with E-state index in [0.29, 0.717) is 23.5 Å². The van der Waals surface area contributed by atoms with Crippen molar-refractivity contribution in [1.29, 1.82) is 0 Å². The van der Waals surface area contributed by atoms with Crippen LogP contribution < -0.4 is 0 Å². The number of fused-ring (bicyclic) bond motifs is 5. The van der Waals surface area contributed by atoms with Crippen LogP contribution in [0.4, 0.5) is 0 Å². The van der Waals surface area contributed by atoms with Crippen molar-refractivity contribution in [2.75, 3.05) is 0 Å². The summed E-state index contributed by atoms with van der Waals surface area (Å²) in [5, 5.41) is 11.9. The lowest BCUT2D eigenvalue weighted by Crippen LogP contribution is -2.65. The summed E-state index contributed by atoms with van der Waals surface area (Å²) in [4.78, 5) is 12.4. The van der Waals surface area contributed by atoms with Crippen LogP contribution in [0.5, 0.6) is 0 Å². The standard InChI is InChI=1S/C20H32O2/c1-13-8-9-19(3)14(12-13)4-5-16-15-6-7-17(21)18(15,2)10-11-20(16,19)22/h13-16,22H,4-12H2,1-3H3/t13-,14-,15?,16?,18+,19+,20-/m1/s1. The van der Waals surface area contributed by atoms with Crippen LogP contribution in [0.3, 0.4) is 0 Å². The lowest BCUT2D eigenvalue weighted by molar-refractivity contribution is -0.233. The molecule has 0 saturated heterocycles. The maximum absolute atomic E-state index is 12.4. The molecule has 0 bridgehead atoms. The zero-order valence-electron chi connectivity index (χ0n) is 14.5. The lowest BCUT2D eigenvalue weighted by atomic mass is 9.42. The highest BCUT2D eigenvalue weighted by atomic mass is 16.3. The van der Waals surface area contributed by atoms with Gasteiger partial charge in [0.05, 0.1) is 5.60 Å². The predicted molar refractivity (Wildman–Crippen MR) is 87.4 cm³/mol. The number of ketones is 1. The summed E-state index contributed by atoms with van der Waals surface area (Å²) in [6.07, 6.45) is 9.73. The Kier molecular flexibility index (Phi) is 3.16. The third kappa shape index (κ3) is 1.68. The summed E-state index contributed by atoms with van der Waals surface area (Å²) in [6.45, 7) is 6.96. The molecule has 2 unspecified atom stereocenters. The van der Waals surface area contributed by atoms with Gasteiger partial charge < -0.3 is 5.11 Å². The third-order valence-electron chi connectivity index (χ3n) is 8.82. The van der Waals surface area contributed by atoms with E-state index in [4.69, 9.17) is 0 Å². The first-order valence-corrected chi connectivity index (χ1v) is 9.57. The summed E-state index contributed by atoms with van der Waals surface area (Å²) in [7, 11) is 0. The maximum atomic E-state index is 12.4. The van der Waals surface area contributed by atoms with Crippen molar-refractivity contribution in [1.82, 2.24) is 0 Å². The molecule has 4 saturated carbocycles. The van der Waals surface area contributed by atoms with Gasteiger partial charge in [-0.3, -0.25) is 4.79 Å². The van der Waals surface area contributed by atoms with Crippen molar-refractivity contribution in [3.8, 4) is 0 Å². The Morgan fingerprint density at radius 3 is 2.55 bits per heavy atom. The Bertz CT molecular complexity index is 500. The van der Waals surface area contributed by atoms with E-state index in [2.05, 4.69) is 20.8 Å². The Morgan fingerprint density at radius 1 is 1.00 bits per heavy atom. The molecule has 0 aromatic rings. The lowest BCUT2D eigenvalue weighted by Gasteiger charge is -2.64. The number of carbonyl (C=O) groups excluding carboxylic acids is 1. The van der Waals surface area contributed by atoms with Gasteiger partial charge in [-0.25, -0.2) is 0 Å². The first-order chi connectivity index (χ1) is 10.3. The normalized spacial score (nSPS) is 57.9. The van der Waals surface area contributed by atoms with Gasteiger partial charge in [0.2, 0.25) is 0 Å². The number of carbonyl (C=O) groups is 1. The number of hydrogen-bond donors (Lipinski definition) is 1. The van der Waals surface area contributed by atoms with Crippen molar-refractivity contribution in [3.05, 3.63) is 0 Å². The van der Waals surface area contributed by atoms with Gasteiger partial charge in [0.25, 0.3) is 0 Å². The van der Waals surface area contributed by atoms with Crippen LogP contribution in [-0.2, 0) is 4.79 Å². The van der Waals surface area contributed by atoms with Crippen LogP contribution in [0.25, 0.3) is 0 Å². The van der Waals surface area contributed by atoms with E-state index < -0.39 is 5.60 Å². The molecule has 7 atom stereocenters. The molecule has 0 aliphatic heterocycles. The molecule has 2 heteroatoms. The average Bonchev–Trinajstić information content (AvgIpc) is 2.77. The monoisotopic (exact) mass is 304 g/mol. The van der Waals surface area contributed by atoms with Gasteiger partial charge in [-0.15, -0.1) is 0 Å². The molecule has 0 aromatic carbocycles. The van der Waals surface area contributed by atoms with Gasteiger partial charge in [0.1, 0.15) is 5.78 Å². The minimum atomic E-state index is -0.509. The first-order valence-electron chi connectivity index (χ1n) is 9.57. The Morgan fingerprint density at radius 2 is 1.77 bits per heavy atom. The second-order valence-electron chi connectivity index (χ2n) is 9.59. The van der Waals surface area contributed by atoms with Crippen LogP contribution in [0.2, 0.25) is 0 Å². The minimum Gasteiger partial charge on any atom is -0.389 e. The molecule has 0 radical (unpaired) electrons. The molecule has 22 heavy (non-hydrogen) atoms. The fraction of sp³-hybridized carbons (Fsp3) is 0.950. The van der Waals surface area contributed by atoms with Gasteiger partial charge in [0.15, 0.2) is 0 Å². The fourth-order valence-electron chi connectivity index (χ4n) is 7.19. The van der Waals surface area contributed by atoms with E-state index in [1.807, 2.05) is 0 Å². The highest BCUT2D eigenvalue weighted by Gasteiger charge is 2.66. The van der Waals surface area contributed by atoms with Gasteiger partial charge in [-0.1, -0.05) is 27.2 Å². The van der Waals surface area contributed by atoms with Crippen molar-refractivity contribution in [2.45, 2.75) is 84.2 Å². The van der Waals surface area contributed by atoms with Crippen LogP contribution in [0, 0.1) is 34.5 Å². The maximum Gasteiger partial charge on any atom is 0.139 e. The largest absolute Gasteiger partial charge is 0.389 e. The van der Waals surface area contributed by atoms with E-state index >= 15 is 0 Å². The molecule has 4 rings (SSSR count). The SMILES string of the molecule is C[C@@H]1CC[C@@]2(C)[C@H](CCC3C4CCC(=O)[C@@]4(C)CC[C@@]32O)C1. The summed E-state index contributed by atoms with van der Waals surface area (Å²) in [6, 6.07) is 0.